The predicted molar refractivity (Wildman–Crippen MR) is 78.0 cm³/mol. The Hall–Kier alpha value is -0.910. The first-order valence-electron chi connectivity index (χ1n) is 7.14. The fourth-order valence-electron chi connectivity index (χ4n) is 2.64. The van der Waals surface area contributed by atoms with Crippen LogP contribution in [0.3, 0.4) is 0 Å². The van der Waals surface area contributed by atoms with Crippen LogP contribution in [0, 0.1) is 0 Å². The third-order valence-electron chi connectivity index (χ3n) is 3.51. The van der Waals surface area contributed by atoms with E-state index < -0.39 is 0 Å². The third kappa shape index (κ3) is 4.03. The van der Waals surface area contributed by atoms with Crippen LogP contribution in [0.5, 0.6) is 0 Å². The maximum atomic E-state index is 6.02. The van der Waals surface area contributed by atoms with Crippen molar-refractivity contribution in [3.63, 3.8) is 0 Å². The van der Waals surface area contributed by atoms with Gasteiger partial charge in [-0.25, -0.2) is 4.98 Å². The Morgan fingerprint density at radius 2 is 2.21 bits per heavy atom. The molecule has 0 radical (unpaired) electrons. The highest BCUT2D eigenvalue weighted by atomic mass is 16.5. The number of hydrogen-bond donors (Lipinski definition) is 1. The zero-order chi connectivity index (χ0) is 14.3. The molecular formula is C14H28N4O. The molecule has 0 fully saturated rings. The minimum absolute atomic E-state index is 0.198. The van der Waals surface area contributed by atoms with E-state index in [4.69, 9.17) is 10.5 Å². The Balaban J connectivity index is 2.93. The van der Waals surface area contributed by atoms with Gasteiger partial charge in [0.2, 0.25) is 0 Å². The van der Waals surface area contributed by atoms with Crippen LogP contribution in [0.15, 0.2) is 12.5 Å². The standard InChI is InChI=1S/C14H28N4O/c1-5-7-17-11-16-9-14(17)13(8-15)18(6-2)12(3)10-19-4/h9,11-13H,5-8,10,15H2,1-4H3. The van der Waals surface area contributed by atoms with E-state index in [1.165, 1.54) is 5.69 Å². The Labute approximate surface area is 116 Å². The van der Waals surface area contributed by atoms with Crippen LogP contribution in [0.1, 0.15) is 38.9 Å². The summed E-state index contributed by atoms with van der Waals surface area (Å²) in [6, 6.07) is 0.540. The van der Waals surface area contributed by atoms with Crippen molar-refractivity contribution in [2.24, 2.45) is 5.73 Å². The first-order chi connectivity index (χ1) is 9.19. The normalized spacial score (nSPS) is 14.8. The van der Waals surface area contributed by atoms with E-state index in [0.29, 0.717) is 19.2 Å². The quantitative estimate of drug-likeness (QED) is 0.740. The second-order valence-electron chi connectivity index (χ2n) is 4.90. The molecule has 1 rings (SSSR count). The predicted octanol–water partition coefficient (Wildman–Crippen LogP) is 1.65. The van der Waals surface area contributed by atoms with Crippen LogP contribution < -0.4 is 5.73 Å². The molecule has 0 aliphatic carbocycles. The number of ether oxygens (including phenoxy) is 1. The average Bonchev–Trinajstić information content (AvgIpc) is 2.84. The van der Waals surface area contributed by atoms with Gasteiger partial charge in [0.15, 0.2) is 0 Å². The molecule has 2 N–H and O–H groups in total. The molecule has 0 spiro atoms. The minimum atomic E-state index is 0.198. The van der Waals surface area contributed by atoms with E-state index in [1.807, 2.05) is 12.5 Å². The fourth-order valence-corrected chi connectivity index (χ4v) is 2.64. The van der Waals surface area contributed by atoms with Gasteiger partial charge in [-0.3, -0.25) is 4.90 Å². The number of aryl methyl sites for hydroxylation is 1. The summed E-state index contributed by atoms with van der Waals surface area (Å²) >= 11 is 0. The summed E-state index contributed by atoms with van der Waals surface area (Å²) in [5.41, 5.74) is 7.22. The summed E-state index contributed by atoms with van der Waals surface area (Å²) < 4.78 is 7.48. The van der Waals surface area contributed by atoms with Crippen LogP contribution in [0.25, 0.3) is 0 Å². The number of aromatic nitrogens is 2. The van der Waals surface area contributed by atoms with Crippen LogP contribution in [-0.4, -0.2) is 47.3 Å². The number of hydrogen-bond acceptors (Lipinski definition) is 4. The molecular weight excluding hydrogens is 240 g/mol. The smallest absolute Gasteiger partial charge is 0.0948 e. The molecule has 0 saturated heterocycles. The molecule has 5 heteroatoms. The first-order valence-corrected chi connectivity index (χ1v) is 7.14. The van der Waals surface area contributed by atoms with Crippen molar-refractivity contribution >= 4 is 0 Å². The molecule has 1 heterocycles. The lowest BCUT2D eigenvalue weighted by Crippen LogP contribution is -2.42. The molecule has 0 saturated carbocycles. The molecule has 2 unspecified atom stereocenters. The Kier molecular flexibility index (Phi) is 7.05. The van der Waals surface area contributed by atoms with E-state index in [9.17, 15) is 0 Å². The van der Waals surface area contributed by atoms with Crippen molar-refractivity contribution < 1.29 is 4.74 Å². The topological polar surface area (TPSA) is 56.3 Å². The van der Waals surface area contributed by atoms with Gasteiger partial charge in [-0.05, 0) is 19.9 Å². The Morgan fingerprint density at radius 1 is 1.47 bits per heavy atom. The van der Waals surface area contributed by atoms with Crippen molar-refractivity contribution in [1.82, 2.24) is 14.5 Å². The van der Waals surface area contributed by atoms with Crippen LogP contribution in [0.4, 0.5) is 0 Å². The Bertz CT molecular complexity index is 353. The summed E-state index contributed by atoms with van der Waals surface area (Å²) in [5, 5.41) is 0. The Morgan fingerprint density at radius 3 is 2.74 bits per heavy atom. The lowest BCUT2D eigenvalue weighted by Gasteiger charge is -2.35. The van der Waals surface area contributed by atoms with Crippen molar-refractivity contribution in [2.45, 2.75) is 45.8 Å². The van der Waals surface area contributed by atoms with Crippen LogP contribution in [-0.2, 0) is 11.3 Å². The van der Waals surface area contributed by atoms with Crippen LogP contribution in [0.2, 0.25) is 0 Å². The average molecular weight is 268 g/mol. The summed E-state index contributed by atoms with van der Waals surface area (Å²) in [7, 11) is 1.74. The molecule has 0 amide bonds. The van der Waals surface area contributed by atoms with Gasteiger partial charge in [-0.1, -0.05) is 13.8 Å². The molecule has 19 heavy (non-hydrogen) atoms. The van der Waals surface area contributed by atoms with Crippen LogP contribution >= 0.6 is 0 Å². The zero-order valence-electron chi connectivity index (χ0n) is 12.7. The molecule has 0 aliphatic heterocycles. The number of nitrogens with two attached hydrogens (primary N) is 1. The molecule has 1 aromatic heterocycles. The third-order valence-corrected chi connectivity index (χ3v) is 3.51. The maximum absolute atomic E-state index is 6.02. The van der Waals surface area contributed by atoms with E-state index in [0.717, 1.165) is 19.5 Å². The molecule has 110 valence electrons. The highest BCUT2D eigenvalue weighted by Gasteiger charge is 2.25. The summed E-state index contributed by atoms with van der Waals surface area (Å²) in [6.45, 7) is 9.76. The monoisotopic (exact) mass is 268 g/mol. The van der Waals surface area contributed by atoms with Gasteiger partial charge in [0.25, 0.3) is 0 Å². The largest absolute Gasteiger partial charge is 0.383 e. The second-order valence-corrected chi connectivity index (χ2v) is 4.90. The van der Waals surface area contributed by atoms with E-state index >= 15 is 0 Å². The molecule has 0 bridgehead atoms. The SMILES string of the molecule is CCCn1cncc1C(CN)N(CC)C(C)COC. The summed E-state index contributed by atoms with van der Waals surface area (Å²) in [5.74, 6) is 0. The zero-order valence-corrected chi connectivity index (χ0v) is 12.7. The van der Waals surface area contributed by atoms with Gasteiger partial charge < -0.3 is 15.0 Å². The molecule has 2 atom stereocenters. The van der Waals surface area contributed by atoms with Crippen molar-refractivity contribution in [2.75, 3.05) is 26.8 Å². The molecule has 0 aliphatic rings. The minimum Gasteiger partial charge on any atom is -0.383 e. The number of nitrogens with zero attached hydrogens (tertiary/aromatic N) is 3. The number of imidazole rings is 1. The highest BCUT2D eigenvalue weighted by molar-refractivity contribution is 5.07. The maximum Gasteiger partial charge on any atom is 0.0948 e. The number of rotatable bonds is 9. The summed E-state index contributed by atoms with van der Waals surface area (Å²) in [4.78, 5) is 6.66. The number of methoxy groups -OCH3 is 1. The lowest BCUT2D eigenvalue weighted by atomic mass is 10.1. The van der Waals surface area contributed by atoms with Crippen molar-refractivity contribution in [3.05, 3.63) is 18.2 Å². The number of likely N-dealkylation sites (N-methyl/N-ethyl adjacent to an activating group) is 1. The van der Waals surface area contributed by atoms with Gasteiger partial charge in [-0.15, -0.1) is 0 Å². The molecule has 0 aromatic carbocycles. The van der Waals surface area contributed by atoms with Gasteiger partial charge in [-0.2, -0.15) is 0 Å². The van der Waals surface area contributed by atoms with E-state index in [-0.39, 0.29) is 6.04 Å². The van der Waals surface area contributed by atoms with Gasteiger partial charge >= 0.3 is 0 Å². The second kappa shape index (κ2) is 8.30. The first kappa shape index (κ1) is 16.1. The van der Waals surface area contributed by atoms with Gasteiger partial charge in [0, 0.05) is 32.4 Å². The van der Waals surface area contributed by atoms with Crippen molar-refractivity contribution in [3.8, 4) is 0 Å². The lowest BCUT2D eigenvalue weighted by molar-refractivity contribution is 0.0726. The van der Waals surface area contributed by atoms with Crippen molar-refractivity contribution in [1.29, 1.82) is 0 Å². The fraction of sp³-hybridized carbons (Fsp3) is 0.786. The van der Waals surface area contributed by atoms with Gasteiger partial charge in [0.05, 0.1) is 24.7 Å². The van der Waals surface area contributed by atoms with Gasteiger partial charge in [0.1, 0.15) is 0 Å². The van der Waals surface area contributed by atoms with E-state index in [2.05, 4.69) is 35.2 Å². The molecule has 5 nitrogen and oxygen atoms in total. The molecule has 1 aromatic rings. The van der Waals surface area contributed by atoms with E-state index in [1.54, 1.807) is 7.11 Å². The summed E-state index contributed by atoms with van der Waals surface area (Å²) in [6.07, 6.45) is 4.94. The highest BCUT2D eigenvalue weighted by Crippen LogP contribution is 2.22.